The van der Waals surface area contributed by atoms with Crippen LogP contribution >= 0.6 is 45.2 Å². The first-order valence-corrected chi connectivity index (χ1v) is 12.7. The van der Waals surface area contributed by atoms with Gasteiger partial charge in [0.05, 0.1) is 19.2 Å². The molecule has 0 aliphatic carbocycles. The SMILES string of the molecule is Cc1cccc(CN2C(=O)N/C(=C/c3cc(I)c(OCc4ccc(C(=O)O)cc4)c(I)c3)C2=O)c1. The van der Waals surface area contributed by atoms with E-state index in [1.165, 1.54) is 4.90 Å². The van der Waals surface area contributed by atoms with Crippen LogP contribution in [0.4, 0.5) is 4.79 Å². The zero-order valence-corrected chi connectivity index (χ0v) is 22.9. The highest BCUT2D eigenvalue weighted by Crippen LogP contribution is 2.31. The molecule has 0 radical (unpaired) electrons. The first kappa shape index (κ1) is 25.2. The monoisotopic (exact) mass is 694 g/mol. The van der Waals surface area contributed by atoms with Crippen LogP contribution in [0.25, 0.3) is 6.08 Å². The molecule has 0 atom stereocenters. The molecule has 3 amide bonds. The minimum absolute atomic E-state index is 0.207. The summed E-state index contributed by atoms with van der Waals surface area (Å²) in [5.74, 6) is -0.647. The van der Waals surface area contributed by atoms with Crippen molar-refractivity contribution in [2.24, 2.45) is 0 Å². The minimum atomic E-state index is -0.971. The normalized spacial score (nSPS) is 14.4. The molecule has 3 aromatic carbocycles. The van der Waals surface area contributed by atoms with Crippen LogP contribution < -0.4 is 10.1 Å². The summed E-state index contributed by atoms with van der Waals surface area (Å²) >= 11 is 4.33. The van der Waals surface area contributed by atoms with Crippen LogP contribution in [0.3, 0.4) is 0 Å². The van der Waals surface area contributed by atoms with Crippen molar-refractivity contribution in [3.63, 3.8) is 0 Å². The summed E-state index contributed by atoms with van der Waals surface area (Å²) in [6.07, 6.45) is 1.66. The molecular formula is C26H20I2N2O5. The lowest BCUT2D eigenvalue weighted by molar-refractivity contribution is -0.123. The van der Waals surface area contributed by atoms with Gasteiger partial charge in [0, 0.05) is 0 Å². The van der Waals surface area contributed by atoms with Gasteiger partial charge in [0.2, 0.25) is 0 Å². The highest BCUT2D eigenvalue weighted by Gasteiger charge is 2.33. The number of benzene rings is 3. The summed E-state index contributed by atoms with van der Waals surface area (Å²) in [5, 5.41) is 11.7. The number of hydrogen-bond donors (Lipinski definition) is 2. The van der Waals surface area contributed by atoms with Crippen molar-refractivity contribution in [2.45, 2.75) is 20.1 Å². The molecule has 0 unspecified atom stereocenters. The topological polar surface area (TPSA) is 95.9 Å². The predicted molar refractivity (Wildman–Crippen MR) is 148 cm³/mol. The van der Waals surface area contributed by atoms with Gasteiger partial charge in [0.1, 0.15) is 18.1 Å². The van der Waals surface area contributed by atoms with E-state index in [0.717, 1.165) is 29.4 Å². The second-order valence-electron chi connectivity index (χ2n) is 7.97. The van der Waals surface area contributed by atoms with Crippen molar-refractivity contribution in [2.75, 3.05) is 0 Å². The average molecular weight is 694 g/mol. The van der Waals surface area contributed by atoms with Gasteiger partial charge in [-0.05, 0) is 99.1 Å². The van der Waals surface area contributed by atoms with E-state index in [1.54, 1.807) is 30.3 Å². The number of nitrogens with one attached hydrogen (secondary N) is 1. The number of ether oxygens (including phenoxy) is 1. The third-order valence-electron chi connectivity index (χ3n) is 5.30. The average Bonchev–Trinajstić information content (AvgIpc) is 3.06. The Morgan fingerprint density at radius 3 is 2.34 bits per heavy atom. The van der Waals surface area contributed by atoms with E-state index in [2.05, 4.69) is 50.5 Å². The molecule has 178 valence electrons. The van der Waals surface area contributed by atoms with E-state index >= 15 is 0 Å². The number of imide groups is 1. The van der Waals surface area contributed by atoms with Crippen molar-refractivity contribution < 1.29 is 24.2 Å². The van der Waals surface area contributed by atoms with Crippen LogP contribution in [-0.4, -0.2) is 27.9 Å². The zero-order chi connectivity index (χ0) is 25.1. The molecule has 35 heavy (non-hydrogen) atoms. The lowest BCUT2D eigenvalue weighted by atomic mass is 10.1. The van der Waals surface area contributed by atoms with Crippen molar-refractivity contribution in [3.8, 4) is 5.75 Å². The summed E-state index contributed by atoms with van der Waals surface area (Å²) < 4.78 is 7.67. The van der Waals surface area contributed by atoms with Crippen molar-refractivity contribution in [1.82, 2.24) is 10.2 Å². The Morgan fingerprint density at radius 1 is 1.03 bits per heavy atom. The van der Waals surface area contributed by atoms with Gasteiger partial charge in [0.25, 0.3) is 5.91 Å². The number of urea groups is 1. The number of carboxylic acids is 1. The van der Waals surface area contributed by atoms with E-state index < -0.39 is 12.0 Å². The third-order valence-corrected chi connectivity index (χ3v) is 6.90. The van der Waals surface area contributed by atoms with E-state index in [4.69, 9.17) is 9.84 Å². The molecule has 0 saturated carbocycles. The van der Waals surface area contributed by atoms with E-state index in [0.29, 0.717) is 5.75 Å². The first-order chi connectivity index (χ1) is 16.7. The van der Waals surface area contributed by atoms with Crippen molar-refractivity contribution in [3.05, 3.63) is 101 Å². The number of halogens is 2. The quantitative estimate of drug-likeness (QED) is 0.192. The first-order valence-electron chi connectivity index (χ1n) is 10.6. The molecule has 1 saturated heterocycles. The van der Waals surface area contributed by atoms with E-state index in [-0.39, 0.29) is 30.3 Å². The Bertz CT molecular complexity index is 1330. The van der Waals surface area contributed by atoms with Gasteiger partial charge >= 0.3 is 12.0 Å². The maximum absolute atomic E-state index is 12.9. The lowest BCUT2D eigenvalue weighted by Crippen LogP contribution is -2.30. The molecule has 3 aromatic rings. The van der Waals surface area contributed by atoms with Crippen LogP contribution in [-0.2, 0) is 17.9 Å². The summed E-state index contributed by atoms with van der Waals surface area (Å²) in [5.41, 5.74) is 4.01. The highest BCUT2D eigenvalue weighted by atomic mass is 127. The van der Waals surface area contributed by atoms with Crippen molar-refractivity contribution >= 4 is 69.2 Å². The zero-order valence-electron chi connectivity index (χ0n) is 18.5. The van der Waals surface area contributed by atoms with Gasteiger partial charge in [-0.15, -0.1) is 0 Å². The molecule has 0 spiro atoms. The summed E-state index contributed by atoms with van der Waals surface area (Å²) in [7, 11) is 0. The number of carbonyl (C=O) groups excluding carboxylic acids is 2. The number of rotatable bonds is 7. The number of aromatic carboxylic acids is 1. The maximum Gasteiger partial charge on any atom is 0.335 e. The lowest BCUT2D eigenvalue weighted by Gasteiger charge is -2.12. The van der Waals surface area contributed by atoms with Gasteiger partial charge in [0.15, 0.2) is 0 Å². The van der Waals surface area contributed by atoms with Crippen molar-refractivity contribution in [1.29, 1.82) is 0 Å². The molecule has 0 bridgehead atoms. The predicted octanol–water partition coefficient (Wildman–Crippen LogP) is 5.57. The Balaban J connectivity index is 1.47. The van der Waals surface area contributed by atoms with Crippen LogP contribution in [0.15, 0.2) is 66.4 Å². The fraction of sp³-hybridized carbons (Fsp3) is 0.115. The van der Waals surface area contributed by atoms with Gasteiger partial charge in [-0.3, -0.25) is 9.69 Å². The van der Waals surface area contributed by atoms with E-state index in [9.17, 15) is 14.4 Å². The third kappa shape index (κ3) is 6.01. The van der Waals surface area contributed by atoms with E-state index in [1.807, 2.05) is 43.3 Å². The number of amides is 3. The molecule has 1 aliphatic heterocycles. The summed E-state index contributed by atoms with van der Waals surface area (Å²) in [6, 6.07) is 17.5. The molecule has 4 rings (SSSR count). The van der Waals surface area contributed by atoms with Gasteiger partial charge in [-0.2, -0.15) is 0 Å². The largest absolute Gasteiger partial charge is 0.487 e. The molecule has 7 nitrogen and oxygen atoms in total. The second kappa shape index (κ2) is 10.8. The fourth-order valence-corrected chi connectivity index (χ4v) is 5.70. The summed E-state index contributed by atoms with van der Waals surface area (Å²) in [6.45, 7) is 2.46. The minimum Gasteiger partial charge on any atom is -0.487 e. The number of hydrogen-bond acceptors (Lipinski definition) is 4. The highest BCUT2D eigenvalue weighted by molar-refractivity contribution is 14.1. The Morgan fingerprint density at radius 2 is 1.71 bits per heavy atom. The smallest absolute Gasteiger partial charge is 0.335 e. The van der Waals surface area contributed by atoms with Crippen LogP contribution in [0, 0.1) is 14.1 Å². The molecule has 2 N–H and O–H groups in total. The Hall–Kier alpha value is -2.93. The maximum atomic E-state index is 12.9. The standard InChI is InChI=1S/C26H20I2N2O5/c1-15-3-2-4-17(9-15)13-30-24(31)22(29-26(30)34)12-18-10-20(27)23(21(28)11-18)35-14-16-5-7-19(8-6-16)25(32)33/h2-12H,13-14H2,1H3,(H,29,34)(H,32,33)/b22-12+. The fourth-order valence-electron chi connectivity index (χ4n) is 3.57. The second-order valence-corrected chi connectivity index (χ2v) is 10.3. The number of nitrogens with zero attached hydrogens (tertiary/aromatic N) is 1. The Labute approximate surface area is 229 Å². The molecule has 9 heteroatoms. The van der Waals surface area contributed by atoms with Crippen LogP contribution in [0.5, 0.6) is 5.75 Å². The summed E-state index contributed by atoms with van der Waals surface area (Å²) in [4.78, 5) is 37.5. The van der Waals surface area contributed by atoms with Gasteiger partial charge in [-0.1, -0.05) is 42.0 Å². The Kier molecular flexibility index (Phi) is 7.75. The molecule has 0 aromatic heterocycles. The molecule has 1 fully saturated rings. The van der Waals surface area contributed by atoms with Crippen LogP contribution in [0.1, 0.15) is 32.6 Å². The van der Waals surface area contributed by atoms with Crippen LogP contribution in [0.2, 0.25) is 0 Å². The van der Waals surface area contributed by atoms with Gasteiger partial charge < -0.3 is 15.2 Å². The number of carboxylic acid groups (broad SMARTS) is 1. The number of aryl methyl sites for hydroxylation is 1. The van der Waals surface area contributed by atoms with Gasteiger partial charge in [-0.25, -0.2) is 9.59 Å². The molecule has 1 heterocycles. The number of carbonyl (C=O) groups is 3. The molecular weight excluding hydrogens is 674 g/mol. The molecule has 1 aliphatic rings.